The molecular formula is C50H37N. The van der Waals surface area contributed by atoms with Crippen LogP contribution in [0.3, 0.4) is 0 Å². The third kappa shape index (κ3) is 6.66. The van der Waals surface area contributed by atoms with Gasteiger partial charge in [-0.2, -0.15) is 0 Å². The smallest absolute Gasteiger partial charge is 0.0540 e. The first kappa shape index (κ1) is 31.6. The molecule has 51 heavy (non-hydrogen) atoms. The zero-order valence-corrected chi connectivity index (χ0v) is 28.3. The Morgan fingerprint density at radius 1 is 0.275 bits per heavy atom. The molecule has 0 fully saturated rings. The van der Waals surface area contributed by atoms with Crippen LogP contribution in [0.4, 0.5) is 17.1 Å². The van der Waals surface area contributed by atoms with Crippen LogP contribution in [0.15, 0.2) is 224 Å². The van der Waals surface area contributed by atoms with Crippen LogP contribution in [0, 0.1) is 0 Å². The molecule has 0 aromatic heterocycles. The van der Waals surface area contributed by atoms with Gasteiger partial charge in [-0.3, -0.25) is 0 Å². The van der Waals surface area contributed by atoms with Crippen LogP contribution in [0.2, 0.25) is 0 Å². The summed E-state index contributed by atoms with van der Waals surface area (Å²) in [6.07, 6.45) is 0. The van der Waals surface area contributed by atoms with Crippen LogP contribution >= 0.6 is 0 Å². The lowest BCUT2D eigenvalue weighted by Crippen LogP contribution is -2.12. The molecule has 0 N–H and O–H groups in total. The van der Waals surface area contributed by atoms with Gasteiger partial charge < -0.3 is 4.90 Å². The van der Waals surface area contributed by atoms with Crippen LogP contribution in [0.25, 0.3) is 33.4 Å². The number of rotatable bonds is 9. The molecule has 0 aliphatic rings. The third-order valence-corrected chi connectivity index (χ3v) is 9.29. The standard InChI is InChI=1S/C50H37N/c1-6-21-38(22-7-1)45-33-16-18-35-47(45)51(44-31-14-5-15-32-44)48-36-19-17-34-46(48)42-29-20-30-43(37-42)50(41-27-12-4-13-28-41)49(39-23-8-2-9-24-39)40-25-10-3-11-26-40/h1-37H. The maximum absolute atomic E-state index is 2.40. The van der Waals surface area contributed by atoms with Crippen molar-refractivity contribution in [2.45, 2.75) is 0 Å². The van der Waals surface area contributed by atoms with Crippen molar-refractivity contribution in [3.8, 4) is 22.3 Å². The van der Waals surface area contributed by atoms with Gasteiger partial charge in [0.2, 0.25) is 0 Å². The van der Waals surface area contributed by atoms with Crippen molar-refractivity contribution >= 4 is 28.2 Å². The van der Waals surface area contributed by atoms with Crippen molar-refractivity contribution < 1.29 is 0 Å². The number of anilines is 3. The summed E-state index contributed by atoms with van der Waals surface area (Å²) in [5, 5.41) is 0. The Labute approximate surface area is 301 Å². The Morgan fingerprint density at radius 2 is 0.627 bits per heavy atom. The van der Waals surface area contributed by atoms with Crippen molar-refractivity contribution in [2.24, 2.45) is 0 Å². The normalized spacial score (nSPS) is 10.7. The first-order chi connectivity index (χ1) is 25.3. The molecule has 1 nitrogen and oxygen atoms in total. The maximum atomic E-state index is 2.40. The third-order valence-electron chi connectivity index (χ3n) is 9.29. The summed E-state index contributed by atoms with van der Waals surface area (Å²) in [5.74, 6) is 0. The molecule has 0 unspecified atom stereocenters. The SMILES string of the molecule is c1ccc(C(=C(c2ccccc2)c2cccc(-c3ccccc3N(c3ccccc3)c3ccccc3-c3ccccc3)c2)c2ccccc2)cc1. The van der Waals surface area contributed by atoms with E-state index in [9.17, 15) is 0 Å². The predicted molar refractivity (Wildman–Crippen MR) is 216 cm³/mol. The molecule has 0 amide bonds. The molecule has 0 saturated carbocycles. The number of hydrogen-bond acceptors (Lipinski definition) is 1. The summed E-state index contributed by atoms with van der Waals surface area (Å²) >= 11 is 0. The summed E-state index contributed by atoms with van der Waals surface area (Å²) in [5.41, 5.74) is 15.1. The Hall–Kier alpha value is -6.70. The number of hydrogen-bond donors (Lipinski definition) is 0. The van der Waals surface area contributed by atoms with Crippen molar-refractivity contribution in [3.63, 3.8) is 0 Å². The average Bonchev–Trinajstić information content (AvgIpc) is 3.22. The lowest BCUT2D eigenvalue weighted by Gasteiger charge is -2.30. The van der Waals surface area contributed by atoms with Gasteiger partial charge in [0.05, 0.1) is 11.4 Å². The molecule has 1 heteroatoms. The molecule has 0 heterocycles. The van der Waals surface area contributed by atoms with Gasteiger partial charge >= 0.3 is 0 Å². The quantitative estimate of drug-likeness (QED) is 0.140. The van der Waals surface area contributed by atoms with E-state index in [1.54, 1.807) is 0 Å². The molecule has 8 aromatic carbocycles. The number of nitrogens with zero attached hydrogens (tertiary/aromatic N) is 1. The molecule has 0 atom stereocenters. The highest BCUT2D eigenvalue weighted by Crippen LogP contribution is 2.45. The van der Waals surface area contributed by atoms with E-state index in [1.165, 1.54) is 39.0 Å². The van der Waals surface area contributed by atoms with Crippen molar-refractivity contribution in [2.75, 3.05) is 4.90 Å². The summed E-state index contributed by atoms with van der Waals surface area (Å²) in [6, 6.07) is 80.2. The van der Waals surface area contributed by atoms with Crippen LogP contribution in [0.5, 0.6) is 0 Å². The molecule has 8 aromatic rings. The van der Waals surface area contributed by atoms with Gasteiger partial charge in [-0.05, 0) is 74.9 Å². The molecule has 242 valence electrons. The topological polar surface area (TPSA) is 3.24 Å². The second kappa shape index (κ2) is 14.8. The van der Waals surface area contributed by atoms with Gasteiger partial charge in [0.15, 0.2) is 0 Å². The minimum Gasteiger partial charge on any atom is -0.309 e. The van der Waals surface area contributed by atoms with E-state index in [-0.39, 0.29) is 0 Å². The zero-order chi connectivity index (χ0) is 34.2. The van der Waals surface area contributed by atoms with Crippen molar-refractivity contribution in [1.29, 1.82) is 0 Å². The second-order valence-corrected chi connectivity index (χ2v) is 12.5. The van der Waals surface area contributed by atoms with Crippen LogP contribution in [-0.2, 0) is 0 Å². The largest absolute Gasteiger partial charge is 0.309 e. The van der Waals surface area contributed by atoms with E-state index in [0.29, 0.717) is 0 Å². The fraction of sp³-hybridized carbons (Fsp3) is 0. The molecule has 0 saturated heterocycles. The zero-order valence-electron chi connectivity index (χ0n) is 28.3. The fourth-order valence-electron chi connectivity index (χ4n) is 7.00. The Balaban J connectivity index is 1.36. The Bertz CT molecular complexity index is 2340. The summed E-state index contributed by atoms with van der Waals surface area (Å²) in [6.45, 7) is 0. The highest BCUT2D eigenvalue weighted by molar-refractivity contribution is 6.05. The van der Waals surface area contributed by atoms with Crippen molar-refractivity contribution in [1.82, 2.24) is 0 Å². The molecule has 8 rings (SSSR count). The monoisotopic (exact) mass is 651 g/mol. The molecular weight excluding hydrogens is 615 g/mol. The van der Waals surface area contributed by atoms with Crippen LogP contribution in [-0.4, -0.2) is 0 Å². The van der Waals surface area contributed by atoms with Gasteiger partial charge in [-0.25, -0.2) is 0 Å². The highest BCUT2D eigenvalue weighted by Gasteiger charge is 2.21. The summed E-state index contributed by atoms with van der Waals surface area (Å²) < 4.78 is 0. The first-order valence-electron chi connectivity index (χ1n) is 17.5. The summed E-state index contributed by atoms with van der Waals surface area (Å²) in [7, 11) is 0. The van der Waals surface area contributed by atoms with E-state index in [2.05, 4.69) is 229 Å². The maximum Gasteiger partial charge on any atom is 0.0540 e. The van der Waals surface area contributed by atoms with E-state index in [0.717, 1.165) is 33.8 Å². The first-order valence-corrected chi connectivity index (χ1v) is 17.5. The average molecular weight is 652 g/mol. The van der Waals surface area contributed by atoms with Gasteiger partial charge in [0, 0.05) is 16.8 Å². The number of para-hydroxylation sites is 3. The Morgan fingerprint density at radius 3 is 1.14 bits per heavy atom. The lowest BCUT2D eigenvalue weighted by molar-refractivity contribution is 1.28. The van der Waals surface area contributed by atoms with Gasteiger partial charge in [0.25, 0.3) is 0 Å². The fourth-order valence-corrected chi connectivity index (χ4v) is 7.00. The van der Waals surface area contributed by atoms with E-state index in [1.807, 2.05) is 0 Å². The van der Waals surface area contributed by atoms with E-state index >= 15 is 0 Å². The van der Waals surface area contributed by atoms with Crippen LogP contribution in [0.1, 0.15) is 22.3 Å². The lowest BCUT2D eigenvalue weighted by atomic mass is 9.85. The Kier molecular flexibility index (Phi) is 9.17. The number of benzene rings is 8. The second-order valence-electron chi connectivity index (χ2n) is 12.5. The van der Waals surface area contributed by atoms with E-state index < -0.39 is 0 Å². The minimum atomic E-state index is 1.10. The van der Waals surface area contributed by atoms with Crippen LogP contribution < -0.4 is 4.90 Å². The summed E-state index contributed by atoms with van der Waals surface area (Å²) in [4.78, 5) is 2.40. The van der Waals surface area contributed by atoms with Gasteiger partial charge in [0.1, 0.15) is 0 Å². The predicted octanol–water partition coefficient (Wildman–Crippen LogP) is 13.5. The molecule has 0 bridgehead atoms. The molecule has 0 aliphatic heterocycles. The molecule has 0 radical (unpaired) electrons. The highest BCUT2D eigenvalue weighted by atomic mass is 15.1. The van der Waals surface area contributed by atoms with Gasteiger partial charge in [-0.15, -0.1) is 0 Å². The van der Waals surface area contributed by atoms with Gasteiger partial charge in [-0.1, -0.05) is 194 Å². The van der Waals surface area contributed by atoms with Crippen molar-refractivity contribution in [3.05, 3.63) is 247 Å². The minimum absolute atomic E-state index is 1.10. The molecule has 0 spiro atoms. The van der Waals surface area contributed by atoms with E-state index in [4.69, 9.17) is 0 Å². The molecule has 0 aliphatic carbocycles.